The van der Waals surface area contributed by atoms with Crippen LogP contribution in [0.5, 0.6) is 0 Å². The highest BCUT2D eigenvalue weighted by atomic mass is 15.3. The molecule has 1 aliphatic rings. The predicted molar refractivity (Wildman–Crippen MR) is 110 cm³/mol. The van der Waals surface area contributed by atoms with Crippen LogP contribution in [0.25, 0.3) is 6.08 Å². The summed E-state index contributed by atoms with van der Waals surface area (Å²) < 4.78 is 0. The predicted octanol–water partition coefficient (Wildman–Crippen LogP) is 3.16. The second-order valence-electron chi connectivity index (χ2n) is 6.49. The largest absolute Gasteiger partial charge is 0.357 e. The zero-order valence-corrected chi connectivity index (χ0v) is 15.9. The van der Waals surface area contributed by atoms with Crippen molar-refractivity contribution in [1.82, 2.24) is 14.9 Å². The fourth-order valence-corrected chi connectivity index (χ4v) is 3.25. The van der Waals surface area contributed by atoms with Gasteiger partial charge in [0, 0.05) is 52.0 Å². The van der Waals surface area contributed by atoms with Crippen LogP contribution in [0.3, 0.4) is 0 Å². The van der Waals surface area contributed by atoms with Crippen molar-refractivity contribution in [2.75, 3.05) is 55.6 Å². The van der Waals surface area contributed by atoms with Gasteiger partial charge in [-0.1, -0.05) is 42.5 Å². The monoisotopic (exact) mass is 351 g/mol. The Morgan fingerprint density at radius 3 is 2.42 bits per heavy atom. The van der Waals surface area contributed by atoms with Gasteiger partial charge in [0.15, 0.2) is 0 Å². The number of benzene rings is 1. The van der Waals surface area contributed by atoms with E-state index in [4.69, 9.17) is 4.98 Å². The second-order valence-corrected chi connectivity index (χ2v) is 6.49. The molecule has 1 aromatic carbocycles. The molecule has 26 heavy (non-hydrogen) atoms. The third kappa shape index (κ3) is 4.82. The summed E-state index contributed by atoms with van der Waals surface area (Å²) in [6.07, 6.45) is 6.33. The summed E-state index contributed by atoms with van der Waals surface area (Å²) in [6, 6.07) is 12.5. The Kier molecular flexibility index (Phi) is 6.61. The summed E-state index contributed by atoms with van der Waals surface area (Å²) >= 11 is 0. The first-order chi connectivity index (χ1) is 12.8. The molecule has 1 aromatic heterocycles. The lowest BCUT2D eigenvalue weighted by molar-refractivity contribution is 0.283. The molecule has 2 aromatic rings. The van der Waals surface area contributed by atoms with Gasteiger partial charge in [-0.3, -0.25) is 4.90 Å². The molecule has 2 heterocycles. The molecule has 0 radical (unpaired) electrons. The van der Waals surface area contributed by atoms with Crippen LogP contribution in [0.2, 0.25) is 0 Å². The van der Waals surface area contributed by atoms with Gasteiger partial charge in [0.05, 0.1) is 0 Å². The Hall–Kier alpha value is -2.40. The SMILES string of the molecule is CCN(CC)c1ccnc(N2CCN(C/C=C/c3ccccc3)CC2)n1. The van der Waals surface area contributed by atoms with Gasteiger partial charge in [-0.2, -0.15) is 4.98 Å². The zero-order chi connectivity index (χ0) is 18.2. The summed E-state index contributed by atoms with van der Waals surface area (Å²) in [7, 11) is 0. The number of aromatic nitrogens is 2. The minimum atomic E-state index is 0.855. The number of hydrogen-bond donors (Lipinski definition) is 0. The lowest BCUT2D eigenvalue weighted by Crippen LogP contribution is -2.47. The van der Waals surface area contributed by atoms with Gasteiger partial charge >= 0.3 is 0 Å². The van der Waals surface area contributed by atoms with E-state index >= 15 is 0 Å². The molecule has 0 atom stereocenters. The summed E-state index contributed by atoms with van der Waals surface area (Å²) in [5.41, 5.74) is 1.26. The molecule has 5 heteroatoms. The van der Waals surface area contributed by atoms with E-state index in [-0.39, 0.29) is 0 Å². The molecule has 1 saturated heterocycles. The summed E-state index contributed by atoms with van der Waals surface area (Å²) in [4.78, 5) is 16.3. The van der Waals surface area contributed by atoms with Gasteiger partial charge < -0.3 is 9.80 Å². The lowest BCUT2D eigenvalue weighted by Gasteiger charge is -2.34. The fourth-order valence-electron chi connectivity index (χ4n) is 3.25. The number of piperazine rings is 1. The van der Waals surface area contributed by atoms with Crippen LogP contribution in [-0.4, -0.2) is 60.7 Å². The Morgan fingerprint density at radius 1 is 1.00 bits per heavy atom. The average molecular weight is 351 g/mol. The molecule has 1 aliphatic heterocycles. The van der Waals surface area contributed by atoms with Crippen molar-refractivity contribution in [3.63, 3.8) is 0 Å². The molecule has 0 spiro atoms. The van der Waals surface area contributed by atoms with Crippen LogP contribution in [0.15, 0.2) is 48.7 Å². The molecule has 5 nitrogen and oxygen atoms in total. The number of nitrogens with zero attached hydrogens (tertiary/aromatic N) is 5. The molecule has 0 bridgehead atoms. The van der Waals surface area contributed by atoms with E-state index in [9.17, 15) is 0 Å². The summed E-state index contributed by atoms with van der Waals surface area (Å²) in [6.45, 7) is 11.3. The highest BCUT2D eigenvalue weighted by Crippen LogP contribution is 2.16. The van der Waals surface area contributed by atoms with Crippen LogP contribution >= 0.6 is 0 Å². The number of rotatable bonds is 7. The molecular weight excluding hydrogens is 322 g/mol. The molecule has 0 amide bonds. The van der Waals surface area contributed by atoms with Crippen LogP contribution in [0.4, 0.5) is 11.8 Å². The number of hydrogen-bond acceptors (Lipinski definition) is 5. The Labute approximate surface area is 157 Å². The normalized spacial score (nSPS) is 15.5. The quantitative estimate of drug-likeness (QED) is 0.766. The van der Waals surface area contributed by atoms with Crippen molar-refractivity contribution in [2.24, 2.45) is 0 Å². The molecule has 138 valence electrons. The highest BCUT2D eigenvalue weighted by molar-refractivity contribution is 5.49. The molecule has 1 fully saturated rings. The second kappa shape index (κ2) is 9.34. The van der Waals surface area contributed by atoms with E-state index in [1.807, 2.05) is 18.3 Å². The summed E-state index contributed by atoms with van der Waals surface area (Å²) in [5, 5.41) is 0. The van der Waals surface area contributed by atoms with Crippen molar-refractivity contribution in [3.8, 4) is 0 Å². The van der Waals surface area contributed by atoms with Crippen molar-refractivity contribution in [3.05, 3.63) is 54.2 Å². The first-order valence-corrected chi connectivity index (χ1v) is 9.57. The van der Waals surface area contributed by atoms with Gasteiger partial charge in [0.2, 0.25) is 5.95 Å². The van der Waals surface area contributed by atoms with Crippen LogP contribution in [0, 0.1) is 0 Å². The Bertz CT molecular complexity index is 689. The Balaban J connectivity index is 1.52. The zero-order valence-electron chi connectivity index (χ0n) is 15.9. The lowest BCUT2D eigenvalue weighted by atomic mass is 10.2. The third-order valence-electron chi connectivity index (χ3n) is 4.84. The molecule has 0 aliphatic carbocycles. The standard InChI is InChI=1S/C21H29N5/c1-3-25(4-2)20-12-13-22-21(23-20)26-17-15-24(16-18-26)14-8-11-19-9-6-5-7-10-19/h5-13H,3-4,14-18H2,1-2H3/b11-8+. The first kappa shape index (κ1) is 18.4. The maximum Gasteiger partial charge on any atom is 0.227 e. The van der Waals surface area contributed by atoms with Crippen molar-refractivity contribution >= 4 is 17.8 Å². The van der Waals surface area contributed by atoms with Crippen molar-refractivity contribution in [2.45, 2.75) is 13.8 Å². The minimum Gasteiger partial charge on any atom is -0.357 e. The Morgan fingerprint density at radius 2 is 1.73 bits per heavy atom. The molecule has 0 saturated carbocycles. The molecule has 0 N–H and O–H groups in total. The minimum absolute atomic E-state index is 0.855. The van der Waals surface area contributed by atoms with Crippen molar-refractivity contribution in [1.29, 1.82) is 0 Å². The summed E-state index contributed by atoms with van der Waals surface area (Å²) in [5.74, 6) is 1.88. The van der Waals surface area contributed by atoms with E-state index in [1.54, 1.807) is 0 Å². The van der Waals surface area contributed by atoms with Gasteiger partial charge in [-0.25, -0.2) is 4.98 Å². The van der Waals surface area contributed by atoms with E-state index in [2.05, 4.69) is 69.9 Å². The smallest absolute Gasteiger partial charge is 0.227 e. The third-order valence-corrected chi connectivity index (χ3v) is 4.84. The molecule has 3 rings (SSSR count). The van der Waals surface area contributed by atoms with Crippen LogP contribution in [0.1, 0.15) is 19.4 Å². The maximum absolute atomic E-state index is 4.77. The van der Waals surface area contributed by atoms with Gasteiger partial charge in [0.25, 0.3) is 0 Å². The van der Waals surface area contributed by atoms with Gasteiger partial charge in [-0.15, -0.1) is 0 Å². The van der Waals surface area contributed by atoms with Gasteiger partial charge in [0.1, 0.15) is 5.82 Å². The van der Waals surface area contributed by atoms with Gasteiger partial charge in [-0.05, 0) is 25.5 Å². The van der Waals surface area contributed by atoms with E-state index in [0.29, 0.717) is 0 Å². The maximum atomic E-state index is 4.77. The topological polar surface area (TPSA) is 35.5 Å². The molecular formula is C21H29N5. The first-order valence-electron chi connectivity index (χ1n) is 9.57. The molecule has 0 unspecified atom stereocenters. The number of anilines is 2. The van der Waals surface area contributed by atoms with Crippen LogP contribution < -0.4 is 9.80 Å². The van der Waals surface area contributed by atoms with E-state index < -0.39 is 0 Å². The highest BCUT2D eigenvalue weighted by Gasteiger charge is 2.18. The van der Waals surface area contributed by atoms with Crippen LogP contribution in [-0.2, 0) is 0 Å². The van der Waals surface area contributed by atoms with E-state index in [1.165, 1.54) is 5.56 Å². The average Bonchev–Trinajstić information content (AvgIpc) is 2.71. The van der Waals surface area contributed by atoms with Crippen molar-refractivity contribution < 1.29 is 0 Å². The fraction of sp³-hybridized carbons (Fsp3) is 0.429. The van der Waals surface area contributed by atoms with E-state index in [0.717, 1.165) is 57.6 Å².